The summed E-state index contributed by atoms with van der Waals surface area (Å²) in [5.41, 5.74) is 0. The number of hydrogen-bond donors (Lipinski definition) is 1. The maximum absolute atomic E-state index is 11.6. The average Bonchev–Trinajstić information content (AvgIpc) is 2.60. The molecule has 0 spiro atoms. The molecule has 0 radical (unpaired) electrons. The highest BCUT2D eigenvalue weighted by molar-refractivity contribution is 7.98. The van der Waals surface area contributed by atoms with E-state index in [1.807, 2.05) is 6.26 Å². The molecule has 0 aromatic carbocycles. The molecule has 1 heterocycles. The Morgan fingerprint density at radius 3 is 2.88 bits per heavy atom. The number of carbonyl (C=O) groups excluding carboxylic acids is 1. The summed E-state index contributed by atoms with van der Waals surface area (Å²) in [6, 6.07) is -0.687. The number of hydrogen-bond acceptors (Lipinski definition) is 3. The van der Waals surface area contributed by atoms with Gasteiger partial charge in [-0.3, -0.25) is 4.79 Å². The standard InChI is InChI=1S/C10H16ClNO3S/c1-16-3-2-8(10(14)15)12-6-7(5-11)4-9(12)13/h7-8H,2-6H2,1H3,(H,14,15)/t7?,8-/m0/s1. The van der Waals surface area contributed by atoms with Gasteiger partial charge in [-0.05, 0) is 24.3 Å². The summed E-state index contributed by atoms with van der Waals surface area (Å²) >= 11 is 7.28. The number of amides is 1. The summed E-state index contributed by atoms with van der Waals surface area (Å²) in [6.45, 7) is 0.480. The number of rotatable bonds is 6. The quantitative estimate of drug-likeness (QED) is 0.735. The first-order valence-electron chi connectivity index (χ1n) is 5.17. The second-order valence-corrected chi connectivity index (χ2v) is 5.20. The van der Waals surface area contributed by atoms with Gasteiger partial charge >= 0.3 is 5.97 Å². The second-order valence-electron chi connectivity index (χ2n) is 3.91. The number of thioether (sulfide) groups is 1. The fraction of sp³-hybridized carbons (Fsp3) is 0.800. The Hall–Kier alpha value is -0.420. The van der Waals surface area contributed by atoms with Crippen LogP contribution in [0.15, 0.2) is 0 Å². The van der Waals surface area contributed by atoms with E-state index in [-0.39, 0.29) is 11.8 Å². The molecule has 1 aliphatic rings. The number of likely N-dealkylation sites (tertiary alicyclic amines) is 1. The van der Waals surface area contributed by atoms with Gasteiger partial charge in [0.15, 0.2) is 0 Å². The molecule has 92 valence electrons. The van der Waals surface area contributed by atoms with Gasteiger partial charge in [-0.2, -0.15) is 11.8 Å². The largest absolute Gasteiger partial charge is 0.480 e. The van der Waals surface area contributed by atoms with Crippen molar-refractivity contribution in [1.82, 2.24) is 4.90 Å². The van der Waals surface area contributed by atoms with E-state index in [9.17, 15) is 9.59 Å². The zero-order valence-corrected chi connectivity index (χ0v) is 10.8. The van der Waals surface area contributed by atoms with Crippen LogP contribution in [0, 0.1) is 5.92 Å². The molecule has 0 aromatic rings. The highest BCUT2D eigenvalue weighted by Gasteiger charge is 2.36. The van der Waals surface area contributed by atoms with Crippen molar-refractivity contribution in [2.75, 3.05) is 24.4 Å². The highest BCUT2D eigenvalue weighted by atomic mass is 35.5. The summed E-state index contributed by atoms with van der Waals surface area (Å²) in [6.07, 6.45) is 2.80. The van der Waals surface area contributed by atoms with E-state index in [0.717, 1.165) is 5.75 Å². The summed E-state index contributed by atoms with van der Waals surface area (Å²) in [5, 5.41) is 9.10. The number of aliphatic carboxylic acids is 1. The van der Waals surface area contributed by atoms with Gasteiger partial charge in [0.25, 0.3) is 0 Å². The molecule has 1 saturated heterocycles. The lowest BCUT2D eigenvalue weighted by molar-refractivity contribution is -0.148. The van der Waals surface area contributed by atoms with Crippen LogP contribution in [0.2, 0.25) is 0 Å². The molecular weight excluding hydrogens is 250 g/mol. The van der Waals surface area contributed by atoms with Crippen molar-refractivity contribution in [3.8, 4) is 0 Å². The van der Waals surface area contributed by atoms with Crippen molar-refractivity contribution in [2.24, 2.45) is 5.92 Å². The van der Waals surface area contributed by atoms with Gasteiger partial charge < -0.3 is 10.0 Å². The Morgan fingerprint density at radius 2 is 2.44 bits per heavy atom. The Morgan fingerprint density at radius 1 is 1.75 bits per heavy atom. The van der Waals surface area contributed by atoms with Gasteiger partial charge in [0, 0.05) is 18.8 Å². The van der Waals surface area contributed by atoms with E-state index in [4.69, 9.17) is 16.7 Å². The van der Waals surface area contributed by atoms with E-state index in [0.29, 0.717) is 25.3 Å². The lowest BCUT2D eigenvalue weighted by atomic mass is 10.1. The molecule has 16 heavy (non-hydrogen) atoms. The molecule has 1 amide bonds. The maximum Gasteiger partial charge on any atom is 0.326 e. The number of carbonyl (C=O) groups is 2. The monoisotopic (exact) mass is 265 g/mol. The molecule has 4 nitrogen and oxygen atoms in total. The summed E-state index contributed by atoms with van der Waals surface area (Å²) < 4.78 is 0. The lowest BCUT2D eigenvalue weighted by Gasteiger charge is -2.24. The van der Waals surface area contributed by atoms with Crippen LogP contribution in [-0.4, -0.2) is 52.4 Å². The number of carboxylic acids is 1. The van der Waals surface area contributed by atoms with E-state index in [1.54, 1.807) is 11.8 Å². The molecule has 0 saturated carbocycles. The summed E-state index contributed by atoms with van der Waals surface area (Å²) in [5.74, 6) is 0.255. The first-order chi connectivity index (χ1) is 7.60. The van der Waals surface area contributed by atoms with E-state index in [1.165, 1.54) is 4.90 Å². The van der Waals surface area contributed by atoms with Crippen LogP contribution in [0.5, 0.6) is 0 Å². The molecule has 0 aliphatic carbocycles. The van der Waals surface area contributed by atoms with Gasteiger partial charge in [-0.15, -0.1) is 11.6 Å². The predicted octanol–water partition coefficient (Wildman–Crippen LogP) is 1.28. The van der Waals surface area contributed by atoms with Gasteiger partial charge in [0.1, 0.15) is 6.04 Å². The van der Waals surface area contributed by atoms with Crippen LogP contribution in [-0.2, 0) is 9.59 Å². The Balaban J connectivity index is 2.64. The normalized spacial score (nSPS) is 22.5. The van der Waals surface area contributed by atoms with Gasteiger partial charge in [0.05, 0.1) is 0 Å². The first-order valence-corrected chi connectivity index (χ1v) is 7.10. The van der Waals surface area contributed by atoms with Crippen molar-refractivity contribution in [3.63, 3.8) is 0 Å². The average molecular weight is 266 g/mol. The van der Waals surface area contributed by atoms with Gasteiger partial charge in [-0.25, -0.2) is 4.79 Å². The third-order valence-electron chi connectivity index (χ3n) is 2.71. The molecule has 0 bridgehead atoms. The minimum Gasteiger partial charge on any atom is -0.480 e. The first kappa shape index (κ1) is 13.6. The highest BCUT2D eigenvalue weighted by Crippen LogP contribution is 2.23. The van der Waals surface area contributed by atoms with E-state index in [2.05, 4.69) is 0 Å². The fourth-order valence-corrected chi connectivity index (χ4v) is 2.52. The number of halogens is 1. The van der Waals surface area contributed by atoms with Crippen molar-refractivity contribution in [1.29, 1.82) is 0 Å². The number of carboxylic acid groups (broad SMARTS) is 1. The molecule has 2 atom stereocenters. The van der Waals surface area contributed by atoms with E-state index >= 15 is 0 Å². The molecule has 1 fully saturated rings. The van der Waals surface area contributed by atoms with Crippen LogP contribution in [0.1, 0.15) is 12.8 Å². The smallest absolute Gasteiger partial charge is 0.326 e. The van der Waals surface area contributed by atoms with Crippen LogP contribution < -0.4 is 0 Å². The molecular formula is C10H16ClNO3S. The van der Waals surface area contributed by atoms with Crippen molar-refractivity contribution < 1.29 is 14.7 Å². The summed E-state index contributed by atoms with van der Waals surface area (Å²) in [7, 11) is 0. The third-order valence-corrected chi connectivity index (χ3v) is 3.79. The summed E-state index contributed by atoms with van der Waals surface area (Å²) in [4.78, 5) is 24.2. The number of alkyl halides is 1. The van der Waals surface area contributed by atoms with E-state index < -0.39 is 12.0 Å². The molecule has 1 rings (SSSR count). The Labute approximate surface area is 104 Å². The zero-order chi connectivity index (χ0) is 12.1. The fourth-order valence-electron chi connectivity index (χ4n) is 1.86. The van der Waals surface area contributed by atoms with Gasteiger partial charge in [-0.1, -0.05) is 0 Å². The predicted molar refractivity (Wildman–Crippen MR) is 65.0 cm³/mol. The Kier molecular flexibility index (Phi) is 5.41. The number of nitrogens with zero attached hydrogens (tertiary/aromatic N) is 1. The van der Waals surface area contributed by atoms with Crippen molar-refractivity contribution in [3.05, 3.63) is 0 Å². The molecule has 1 aliphatic heterocycles. The third kappa shape index (κ3) is 3.28. The van der Waals surface area contributed by atoms with Crippen molar-refractivity contribution >= 4 is 35.2 Å². The topological polar surface area (TPSA) is 57.6 Å². The maximum atomic E-state index is 11.6. The van der Waals surface area contributed by atoms with Crippen LogP contribution >= 0.6 is 23.4 Å². The molecule has 1 unspecified atom stereocenters. The molecule has 1 N–H and O–H groups in total. The minimum atomic E-state index is -0.919. The minimum absolute atomic E-state index is 0.0841. The van der Waals surface area contributed by atoms with Crippen LogP contribution in [0.4, 0.5) is 0 Å². The molecule has 0 aromatic heterocycles. The SMILES string of the molecule is CSCC[C@@H](C(=O)O)N1CC(CCl)CC1=O. The zero-order valence-electron chi connectivity index (χ0n) is 9.19. The van der Waals surface area contributed by atoms with Crippen molar-refractivity contribution in [2.45, 2.75) is 18.9 Å². The van der Waals surface area contributed by atoms with Gasteiger partial charge in [0.2, 0.25) is 5.91 Å². The van der Waals surface area contributed by atoms with Crippen LogP contribution in [0.25, 0.3) is 0 Å². The second kappa shape index (κ2) is 6.35. The Bertz CT molecular complexity index is 275. The van der Waals surface area contributed by atoms with Crippen LogP contribution in [0.3, 0.4) is 0 Å². The molecule has 6 heteroatoms. The lowest BCUT2D eigenvalue weighted by Crippen LogP contribution is -2.42.